The van der Waals surface area contributed by atoms with Crippen LogP contribution in [0.25, 0.3) is 0 Å². The van der Waals surface area contributed by atoms with Crippen molar-refractivity contribution in [1.82, 2.24) is 4.90 Å². The summed E-state index contributed by atoms with van der Waals surface area (Å²) >= 11 is 1.75. The van der Waals surface area contributed by atoms with Crippen molar-refractivity contribution in [3.8, 4) is 0 Å². The fourth-order valence-electron chi connectivity index (χ4n) is 0.911. The normalized spacial score (nSPS) is 11.4. The van der Waals surface area contributed by atoms with Crippen molar-refractivity contribution in [2.75, 3.05) is 19.3 Å². The summed E-state index contributed by atoms with van der Waals surface area (Å²) in [6.07, 6.45) is 4.25. The summed E-state index contributed by atoms with van der Waals surface area (Å²) in [7, 11) is 0. The maximum Gasteiger partial charge on any atom is 0.0195 e. The van der Waals surface area contributed by atoms with E-state index in [2.05, 4.69) is 43.5 Å². The first-order valence-electron chi connectivity index (χ1n) is 4.14. The van der Waals surface area contributed by atoms with Crippen LogP contribution in [0.2, 0.25) is 0 Å². The second-order valence-corrected chi connectivity index (χ2v) is 3.75. The predicted molar refractivity (Wildman–Crippen MR) is 54.7 cm³/mol. The Bertz CT molecular complexity index is 110. The fraction of sp³-hybridized carbons (Fsp3) is 0.778. The highest BCUT2D eigenvalue weighted by molar-refractivity contribution is 8.01. The molecule has 0 fully saturated rings. The van der Waals surface area contributed by atoms with Crippen molar-refractivity contribution in [3.05, 3.63) is 11.6 Å². The van der Waals surface area contributed by atoms with Gasteiger partial charge in [0.2, 0.25) is 0 Å². The molecule has 0 atom stereocenters. The summed E-state index contributed by atoms with van der Waals surface area (Å²) in [5.74, 6) is 0.751. The molecular formula is C9H19NS. The van der Waals surface area contributed by atoms with Crippen molar-refractivity contribution >= 4 is 11.8 Å². The lowest BCUT2D eigenvalue weighted by Gasteiger charge is -2.19. The lowest BCUT2D eigenvalue weighted by molar-refractivity contribution is 0.346. The lowest BCUT2D eigenvalue weighted by atomic mass is 10.2. The molecule has 0 spiro atoms. The number of hydrogen-bond donors (Lipinski definition) is 0. The molecule has 1 nitrogen and oxygen atoms in total. The summed E-state index contributed by atoms with van der Waals surface area (Å²) in [6, 6.07) is 0. The van der Waals surface area contributed by atoms with Crippen LogP contribution >= 0.6 is 11.8 Å². The van der Waals surface area contributed by atoms with E-state index in [0.717, 1.165) is 19.0 Å². The predicted octanol–water partition coefficient (Wildman–Crippen LogP) is 2.80. The van der Waals surface area contributed by atoms with Gasteiger partial charge in [0.05, 0.1) is 0 Å². The minimum absolute atomic E-state index is 0.751. The Hall–Kier alpha value is -0.110. The molecule has 2 heteroatoms. The molecule has 0 rings (SSSR count). The van der Waals surface area contributed by atoms with Gasteiger partial charge in [0.25, 0.3) is 0 Å². The zero-order chi connectivity index (χ0) is 8.69. The van der Waals surface area contributed by atoms with Gasteiger partial charge in [-0.15, -0.1) is 11.8 Å². The van der Waals surface area contributed by atoms with Crippen LogP contribution in [0.4, 0.5) is 0 Å². The molecule has 11 heavy (non-hydrogen) atoms. The van der Waals surface area contributed by atoms with Crippen molar-refractivity contribution < 1.29 is 0 Å². The van der Waals surface area contributed by atoms with Crippen LogP contribution in [0.5, 0.6) is 0 Å². The van der Waals surface area contributed by atoms with E-state index in [1.807, 2.05) is 0 Å². The monoisotopic (exact) mass is 173 g/mol. The van der Waals surface area contributed by atoms with Crippen molar-refractivity contribution in [2.45, 2.75) is 20.8 Å². The van der Waals surface area contributed by atoms with E-state index in [0.29, 0.717) is 0 Å². The zero-order valence-corrected chi connectivity index (χ0v) is 8.82. The highest BCUT2D eigenvalue weighted by atomic mass is 32.2. The standard InChI is InChI=1S/C9H19NS/c1-5-10(6-7-11-4)8-9(2)3/h6-7,9H,5,8H2,1-4H3/b7-6+. The molecule has 0 amide bonds. The van der Waals surface area contributed by atoms with Gasteiger partial charge in [-0.1, -0.05) is 13.8 Å². The third kappa shape index (κ3) is 6.29. The van der Waals surface area contributed by atoms with Crippen molar-refractivity contribution in [3.63, 3.8) is 0 Å². The molecule has 0 unspecified atom stereocenters. The number of rotatable bonds is 5. The van der Waals surface area contributed by atoms with Crippen LogP contribution in [0.3, 0.4) is 0 Å². The maximum atomic E-state index is 2.33. The van der Waals surface area contributed by atoms with Crippen LogP contribution in [0.1, 0.15) is 20.8 Å². The van der Waals surface area contributed by atoms with Gasteiger partial charge in [-0.05, 0) is 24.5 Å². The van der Waals surface area contributed by atoms with Crippen LogP contribution in [-0.4, -0.2) is 24.2 Å². The second-order valence-electron chi connectivity index (χ2n) is 3.00. The van der Waals surface area contributed by atoms with Gasteiger partial charge in [-0.3, -0.25) is 0 Å². The first-order chi connectivity index (χ1) is 5.20. The minimum Gasteiger partial charge on any atom is -0.377 e. The summed E-state index contributed by atoms with van der Waals surface area (Å²) < 4.78 is 0. The largest absolute Gasteiger partial charge is 0.377 e. The van der Waals surface area contributed by atoms with E-state index in [4.69, 9.17) is 0 Å². The molecule has 0 heterocycles. The molecule has 0 aromatic rings. The third-order valence-corrected chi connectivity index (χ3v) is 1.81. The Kier molecular flexibility index (Phi) is 6.52. The maximum absolute atomic E-state index is 2.33. The topological polar surface area (TPSA) is 3.24 Å². The Morgan fingerprint density at radius 2 is 2.09 bits per heavy atom. The molecule has 66 valence electrons. The molecule has 0 aliphatic carbocycles. The zero-order valence-electron chi connectivity index (χ0n) is 8.00. The molecule has 0 N–H and O–H groups in total. The minimum atomic E-state index is 0.751. The van der Waals surface area contributed by atoms with E-state index >= 15 is 0 Å². The van der Waals surface area contributed by atoms with E-state index in [-0.39, 0.29) is 0 Å². The van der Waals surface area contributed by atoms with Crippen molar-refractivity contribution in [2.24, 2.45) is 5.92 Å². The van der Waals surface area contributed by atoms with Gasteiger partial charge in [0.15, 0.2) is 0 Å². The SMILES string of the molecule is CCN(/C=C/SC)CC(C)C. The average Bonchev–Trinajstić information content (AvgIpc) is 1.97. The van der Waals surface area contributed by atoms with Gasteiger partial charge in [0.1, 0.15) is 0 Å². The molecule has 0 radical (unpaired) electrons. The van der Waals surface area contributed by atoms with Gasteiger partial charge < -0.3 is 4.90 Å². The van der Waals surface area contributed by atoms with Gasteiger partial charge in [-0.25, -0.2) is 0 Å². The third-order valence-electron chi connectivity index (χ3n) is 1.41. The first kappa shape index (κ1) is 10.9. The van der Waals surface area contributed by atoms with Crippen LogP contribution in [0.15, 0.2) is 11.6 Å². The van der Waals surface area contributed by atoms with Crippen LogP contribution in [0, 0.1) is 5.92 Å². The second kappa shape index (κ2) is 6.59. The molecular weight excluding hydrogens is 154 g/mol. The molecule has 0 aliphatic rings. The van der Waals surface area contributed by atoms with Gasteiger partial charge in [-0.2, -0.15) is 0 Å². The Labute approximate surface area is 74.9 Å². The Morgan fingerprint density at radius 1 is 1.45 bits per heavy atom. The summed E-state index contributed by atoms with van der Waals surface area (Å²) in [5, 5.41) is 2.13. The van der Waals surface area contributed by atoms with Gasteiger partial charge >= 0.3 is 0 Å². The summed E-state index contributed by atoms with van der Waals surface area (Å²) in [5.41, 5.74) is 0. The highest BCUT2D eigenvalue weighted by Crippen LogP contribution is 2.01. The summed E-state index contributed by atoms with van der Waals surface area (Å²) in [4.78, 5) is 2.33. The molecule has 0 saturated carbocycles. The van der Waals surface area contributed by atoms with E-state index < -0.39 is 0 Å². The number of thioether (sulfide) groups is 1. The molecule has 0 saturated heterocycles. The molecule has 0 aromatic heterocycles. The van der Waals surface area contributed by atoms with E-state index in [1.54, 1.807) is 11.8 Å². The van der Waals surface area contributed by atoms with Gasteiger partial charge in [0, 0.05) is 19.3 Å². The molecule has 0 aromatic carbocycles. The highest BCUT2D eigenvalue weighted by Gasteiger charge is 1.98. The lowest BCUT2D eigenvalue weighted by Crippen LogP contribution is -2.21. The molecule has 0 aliphatic heterocycles. The van der Waals surface area contributed by atoms with E-state index in [1.165, 1.54) is 0 Å². The fourth-order valence-corrected chi connectivity index (χ4v) is 1.21. The summed E-state index contributed by atoms with van der Waals surface area (Å²) in [6.45, 7) is 8.95. The number of nitrogens with zero attached hydrogens (tertiary/aromatic N) is 1. The average molecular weight is 173 g/mol. The van der Waals surface area contributed by atoms with Crippen LogP contribution in [-0.2, 0) is 0 Å². The smallest absolute Gasteiger partial charge is 0.0195 e. The number of hydrogen-bond acceptors (Lipinski definition) is 2. The first-order valence-corrected chi connectivity index (χ1v) is 5.43. The van der Waals surface area contributed by atoms with Crippen LogP contribution < -0.4 is 0 Å². The van der Waals surface area contributed by atoms with Crippen molar-refractivity contribution in [1.29, 1.82) is 0 Å². The van der Waals surface area contributed by atoms with E-state index in [9.17, 15) is 0 Å². The Morgan fingerprint density at radius 3 is 2.45 bits per heavy atom. The quantitative estimate of drug-likeness (QED) is 0.629. The Balaban J connectivity index is 3.66. The molecule has 0 bridgehead atoms.